The van der Waals surface area contributed by atoms with Crippen molar-refractivity contribution < 1.29 is 0 Å². The molecule has 0 aromatic heterocycles. The third kappa shape index (κ3) is 4.68. The number of nitrogens with one attached hydrogen (secondary N) is 1. The van der Waals surface area contributed by atoms with Gasteiger partial charge in [-0.15, -0.1) is 12.3 Å². The summed E-state index contributed by atoms with van der Waals surface area (Å²) < 4.78 is 0. The van der Waals surface area contributed by atoms with E-state index in [-0.39, 0.29) is 0 Å². The molecule has 1 N–H and O–H groups in total. The second-order valence-electron chi connectivity index (χ2n) is 4.77. The summed E-state index contributed by atoms with van der Waals surface area (Å²) in [4.78, 5) is 2.57. The number of unbranched alkanes of at least 4 members (excludes halogenated alkanes) is 2. The van der Waals surface area contributed by atoms with E-state index < -0.39 is 0 Å². The van der Waals surface area contributed by atoms with Gasteiger partial charge in [0.05, 0.1) is 0 Å². The van der Waals surface area contributed by atoms with Gasteiger partial charge < -0.3 is 10.2 Å². The fourth-order valence-electron chi connectivity index (χ4n) is 2.05. The van der Waals surface area contributed by atoms with Crippen molar-refractivity contribution in [3.63, 3.8) is 0 Å². The molecule has 0 amide bonds. The zero-order valence-electron chi connectivity index (χ0n) is 10.1. The Hall–Kier alpha value is -0.520. The summed E-state index contributed by atoms with van der Waals surface area (Å²) in [5, 5.41) is 3.58. The quantitative estimate of drug-likeness (QED) is 0.547. The Morgan fingerprint density at radius 3 is 2.93 bits per heavy atom. The molecule has 0 aromatic rings. The molecule has 15 heavy (non-hydrogen) atoms. The van der Waals surface area contributed by atoms with Crippen LogP contribution in [0.15, 0.2) is 0 Å². The second-order valence-corrected chi connectivity index (χ2v) is 4.77. The van der Waals surface area contributed by atoms with Crippen LogP contribution in [0.5, 0.6) is 0 Å². The molecule has 1 heterocycles. The van der Waals surface area contributed by atoms with Crippen LogP contribution in [0.3, 0.4) is 0 Å². The van der Waals surface area contributed by atoms with Crippen LogP contribution in [-0.4, -0.2) is 37.1 Å². The smallest absolute Gasteiger partial charge is 0.0218 e. The fraction of sp³-hybridized carbons (Fsp3) is 0.846. The number of nitrogens with zero attached hydrogens (tertiary/aromatic N) is 1. The maximum absolute atomic E-state index is 5.24. The van der Waals surface area contributed by atoms with Gasteiger partial charge in [0.1, 0.15) is 0 Å². The minimum atomic E-state index is 0.673. The monoisotopic (exact) mass is 208 g/mol. The average molecular weight is 208 g/mol. The SMILES string of the molecule is C#CCCCCN1CCNC(C(C)C)C1. The van der Waals surface area contributed by atoms with Crippen LogP contribution in [0.1, 0.15) is 33.1 Å². The predicted molar refractivity (Wildman–Crippen MR) is 65.8 cm³/mol. The summed E-state index contributed by atoms with van der Waals surface area (Å²) >= 11 is 0. The first kappa shape index (κ1) is 12.5. The maximum atomic E-state index is 5.24. The highest BCUT2D eigenvalue weighted by Crippen LogP contribution is 2.09. The number of piperazine rings is 1. The largest absolute Gasteiger partial charge is 0.311 e. The predicted octanol–water partition coefficient (Wildman–Crippen LogP) is 1.72. The molecule has 1 unspecified atom stereocenters. The van der Waals surface area contributed by atoms with Crippen LogP contribution in [0.25, 0.3) is 0 Å². The van der Waals surface area contributed by atoms with Gasteiger partial charge in [-0.2, -0.15) is 0 Å². The third-order valence-electron chi connectivity index (χ3n) is 3.14. The lowest BCUT2D eigenvalue weighted by molar-refractivity contribution is 0.173. The summed E-state index contributed by atoms with van der Waals surface area (Å²) in [5.74, 6) is 3.44. The van der Waals surface area contributed by atoms with Crippen LogP contribution in [0, 0.1) is 18.3 Å². The Morgan fingerprint density at radius 1 is 1.47 bits per heavy atom. The standard InChI is InChI=1S/C13H24N2/c1-4-5-6-7-9-15-10-8-14-13(11-15)12(2)3/h1,12-14H,5-11H2,2-3H3. The third-order valence-corrected chi connectivity index (χ3v) is 3.14. The number of terminal acetylenes is 1. The molecule has 1 fully saturated rings. The van der Waals surface area contributed by atoms with Crippen molar-refractivity contribution in [2.75, 3.05) is 26.2 Å². The molecule has 0 radical (unpaired) electrons. The fourth-order valence-corrected chi connectivity index (χ4v) is 2.05. The molecule has 2 heteroatoms. The van der Waals surface area contributed by atoms with Crippen LogP contribution in [0.4, 0.5) is 0 Å². The Kier molecular flexibility index (Phi) is 5.75. The topological polar surface area (TPSA) is 15.3 Å². The molecular weight excluding hydrogens is 184 g/mol. The lowest BCUT2D eigenvalue weighted by Gasteiger charge is -2.35. The molecule has 86 valence electrons. The van der Waals surface area contributed by atoms with Crippen molar-refractivity contribution in [1.82, 2.24) is 10.2 Å². The van der Waals surface area contributed by atoms with E-state index in [2.05, 4.69) is 30.0 Å². The van der Waals surface area contributed by atoms with Crippen molar-refractivity contribution >= 4 is 0 Å². The summed E-state index contributed by atoms with van der Waals surface area (Å²) in [5.41, 5.74) is 0. The molecule has 0 aliphatic carbocycles. The van der Waals surface area contributed by atoms with Gasteiger partial charge in [0.15, 0.2) is 0 Å². The minimum absolute atomic E-state index is 0.673. The lowest BCUT2D eigenvalue weighted by Crippen LogP contribution is -2.52. The average Bonchev–Trinajstić information content (AvgIpc) is 2.25. The molecule has 1 aliphatic rings. The highest BCUT2D eigenvalue weighted by atomic mass is 15.2. The van der Waals surface area contributed by atoms with Crippen molar-refractivity contribution in [2.45, 2.75) is 39.2 Å². The normalized spacial score (nSPS) is 22.9. The number of hydrogen-bond acceptors (Lipinski definition) is 2. The highest BCUT2D eigenvalue weighted by Gasteiger charge is 2.20. The van der Waals surface area contributed by atoms with Crippen LogP contribution >= 0.6 is 0 Å². The first-order valence-corrected chi connectivity index (χ1v) is 6.13. The van der Waals surface area contributed by atoms with E-state index in [0.717, 1.165) is 18.9 Å². The van der Waals surface area contributed by atoms with E-state index in [0.29, 0.717) is 6.04 Å². The van der Waals surface area contributed by atoms with Gasteiger partial charge in [-0.3, -0.25) is 0 Å². The molecule has 0 aromatic carbocycles. The second kappa shape index (κ2) is 6.87. The van der Waals surface area contributed by atoms with E-state index in [1.165, 1.54) is 32.5 Å². The van der Waals surface area contributed by atoms with E-state index >= 15 is 0 Å². The number of rotatable bonds is 5. The van der Waals surface area contributed by atoms with Crippen molar-refractivity contribution in [2.24, 2.45) is 5.92 Å². The zero-order chi connectivity index (χ0) is 11.1. The molecule has 1 atom stereocenters. The molecule has 0 spiro atoms. The summed E-state index contributed by atoms with van der Waals surface area (Å²) in [6.45, 7) is 9.33. The maximum Gasteiger partial charge on any atom is 0.0218 e. The highest BCUT2D eigenvalue weighted by molar-refractivity contribution is 4.84. The van der Waals surface area contributed by atoms with E-state index in [1.54, 1.807) is 0 Å². The van der Waals surface area contributed by atoms with Gasteiger partial charge in [-0.05, 0) is 25.3 Å². The molecule has 1 rings (SSSR count). The first-order chi connectivity index (χ1) is 7.24. The van der Waals surface area contributed by atoms with E-state index in [1.807, 2.05) is 0 Å². The molecule has 0 bridgehead atoms. The Labute approximate surface area is 94.4 Å². The summed E-state index contributed by atoms with van der Waals surface area (Å²) in [6.07, 6.45) is 8.58. The van der Waals surface area contributed by atoms with Gasteiger partial charge in [0, 0.05) is 32.1 Å². The number of hydrogen-bond donors (Lipinski definition) is 1. The van der Waals surface area contributed by atoms with Crippen molar-refractivity contribution in [1.29, 1.82) is 0 Å². The molecular formula is C13H24N2. The van der Waals surface area contributed by atoms with Gasteiger partial charge >= 0.3 is 0 Å². The van der Waals surface area contributed by atoms with Crippen LogP contribution in [-0.2, 0) is 0 Å². The first-order valence-electron chi connectivity index (χ1n) is 6.13. The summed E-state index contributed by atoms with van der Waals surface area (Å²) in [7, 11) is 0. The van der Waals surface area contributed by atoms with Gasteiger partial charge in [0.2, 0.25) is 0 Å². The molecule has 2 nitrogen and oxygen atoms in total. The molecule has 1 saturated heterocycles. The van der Waals surface area contributed by atoms with E-state index in [4.69, 9.17) is 6.42 Å². The molecule has 1 aliphatic heterocycles. The van der Waals surface area contributed by atoms with E-state index in [9.17, 15) is 0 Å². The minimum Gasteiger partial charge on any atom is -0.311 e. The van der Waals surface area contributed by atoms with Crippen LogP contribution in [0.2, 0.25) is 0 Å². The Morgan fingerprint density at radius 2 is 2.27 bits per heavy atom. The molecule has 0 saturated carbocycles. The zero-order valence-corrected chi connectivity index (χ0v) is 10.1. The van der Waals surface area contributed by atoms with Crippen molar-refractivity contribution in [3.05, 3.63) is 0 Å². The Bertz CT molecular complexity index is 205. The van der Waals surface area contributed by atoms with Gasteiger partial charge in [-0.1, -0.05) is 13.8 Å². The van der Waals surface area contributed by atoms with Crippen LogP contribution < -0.4 is 5.32 Å². The lowest BCUT2D eigenvalue weighted by atomic mass is 10.0. The summed E-state index contributed by atoms with van der Waals surface area (Å²) in [6, 6.07) is 0.673. The Balaban J connectivity index is 2.16. The van der Waals surface area contributed by atoms with Gasteiger partial charge in [0.25, 0.3) is 0 Å². The van der Waals surface area contributed by atoms with Gasteiger partial charge in [-0.25, -0.2) is 0 Å². The van der Waals surface area contributed by atoms with Crippen molar-refractivity contribution in [3.8, 4) is 12.3 Å².